The second-order valence-corrected chi connectivity index (χ2v) is 6.62. The Morgan fingerprint density at radius 1 is 0.917 bits per heavy atom. The summed E-state index contributed by atoms with van der Waals surface area (Å²) in [4.78, 5) is 37.4. The largest absolute Gasteiger partial charge is 0.473 e. The number of hydrogen-bond acceptors (Lipinski definition) is 5. The molecule has 2 aliphatic heterocycles. The van der Waals surface area contributed by atoms with Crippen LogP contribution in [0.5, 0.6) is 0 Å². The van der Waals surface area contributed by atoms with Gasteiger partial charge in [-0.25, -0.2) is 9.59 Å². The molecule has 0 spiro atoms. The lowest BCUT2D eigenvalue weighted by Gasteiger charge is -2.41. The van der Waals surface area contributed by atoms with E-state index in [-0.39, 0.29) is 0 Å². The van der Waals surface area contributed by atoms with Crippen LogP contribution in [-0.4, -0.2) is 94.6 Å². The number of nitrogens with zero attached hydrogens (tertiary/aromatic N) is 3. The lowest BCUT2D eigenvalue weighted by atomic mass is 9.97. The van der Waals surface area contributed by atoms with Crippen molar-refractivity contribution in [1.29, 1.82) is 0 Å². The fourth-order valence-corrected chi connectivity index (χ4v) is 3.19. The molecular formula is C16H29N3O5. The van der Waals surface area contributed by atoms with Crippen LogP contribution in [0.3, 0.4) is 0 Å². The molecule has 2 saturated heterocycles. The van der Waals surface area contributed by atoms with Crippen LogP contribution >= 0.6 is 0 Å². The lowest BCUT2D eigenvalue weighted by molar-refractivity contribution is -0.159. The molecule has 0 aromatic carbocycles. The van der Waals surface area contributed by atoms with E-state index in [0.717, 1.165) is 26.2 Å². The van der Waals surface area contributed by atoms with Gasteiger partial charge in [-0.15, -0.1) is 0 Å². The van der Waals surface area contributed by atoms with Gasteiger partial charge in [0.15, 0.2) is 0 Å². The minimum atomic E-state index is -1.82. The van der Waals surface area contributed by atoms with E-state index in [9.17, 15) is 4.79 Å². The van der Waals surface area contributed by atoms with Gasteiger partial charge in [0, 0.05) is 38.3 Å². The van der Waals surface area contributed by atoms with Gasteiger partial charge in [0.05, 0.1) is 6.54 Å². The van der Waals surface area contributed by atoms with Crippen LogP contribution in [-0.2, 0) is 14.4 Å². The molecule has 0 aromatic heterocycles. The fraction of sp³-hybridized carbons (Fsp3) is 0.812. The minimum absolute atomic E-state index is 0.333. The third-order valence-electron chi connectivity index (χ3n) is 4.62. The molecule has 138 valence electrons. The second-order valence-electron chi connectivity index (χ2n) is 6.62. The Labute approximate surface area is 143 Å². The van der Waals surface area contributed by atoms with Crippen molar-refractivity contribution in [2.75, 3.05) is 39.8 Å². The Balaban J connectivity index is 0.000000413. The lowest BCUT2D eigenvalue weighted by Crippen LogP contribution is -2.53. The van der Waals surface area contributed by atoms with Crippen molar-refractivity contribution in [2.45, 2.75) is 45.2 Å². The fourth-order valence-electron chi connectivity index (χ4n) is 3.19. The minimum Gasteiger partial charge on any atom is -0.473 e. The van der Waals surface area contributed by atoms with E-state index in [0.29, 0.717) is 24.5 Å². The number of carbonyl (C=O) groups excluding carboxylic acids is 1. The SMILES string of the molecule is CC1CCCC(C)N1C(=O)CN1CCN(C)CC1.O=C(O)C(=O)O. The van der Waals surface area contributed by atoms with E-state index in [4.69, 9.17) is 19.8 Å². The van der Waals surface area contributed by atoms with E-state index in [1.165, 1.54) is 19.3 Å². The molecule has 2 rings (SSSR count). The van der Waals surface area contributed by atoms with Crippen molar-refractivity contribution in [3.05, 3.63) is 0 Å². The maximum absolute atomic E-state index is 12.4. The van der Waals surface area contributed by atoms with Crippen molar-refractivity contribution in [3.63, 3.8) is 0 Å². The van der Waals surface area contributed by atoms with Crippen LogP contribution in [0.2, 0.25) is 0 Å². The molecule has 0 saturated carbocycles. The summed E-state index contributed by atoms with van der Waals surface area (Å²) in [7, 11) is 2.15. The van der Waals surface area contributed by atoms with Crippen molar-refractivity contribution in [1.82, 2.24) is 14.7 Å². The molecule has 2 unspecified atom stereocenters. The molecule has 0 aliphatic carbocycles. The number of carboxylic acids is 2. The Kier molecular flexibility index (Phi) is 8.14. The molecule has 0 bridgehead atoms. The zero-order chi connectivity index (χ0) is 18.3. The van der Waals surface area contributed by atoms with Crippen LogP contribution in [0.1, 0.15) is 33.1 Å². The number of rotatable bonds is 2. The van der Waals surface area contributed by atoms with E-state index in [1.54, 1.807) is 0 Å². The van der Waals surface area contributed by atoms with Crippen LogP contribution < -0.4 is 0 Å². The predicted octanol–water partition coefficient (Wildman–Crippen LogP) is 0.179. The maximum atomic E-state index is 12.4. The number of likely N-dealkylation sites (tertiary alicyclic amines) is 1. The number of aliphatic carboxylic acids is 2. The van der Waals surface area contributed by atoms with E-state index < -0.39 is 11.9 Å². The van der Waals surface area contributed by atoms with Gasteiger partial charge in [0.25, 0.3) is 0 Å². The zero-order valence-electron chi connectivity index (χ0n) is 14.8. The Hall–Kier alpha value is -1.67. The summed E-state index contributed by atoms with van der Waals surface area (Å²) in [6.45, 7) is 9.21. The third-order valence-corrected chi connectivity index (χ3v) is 4.62. The first-order valence-electron chi connectivity index (χ1n) is 8.40. The summed E-state index contributed by atoms with van der Waals surface area (Å²) in [6.07, 6.45) is 3.60. The molecule has 8 heteroatoms. The third kappa shape index (κ3) is 6.45. The highest BCUT2D eigenvalue weighted by Gasteiger charge is 2.30. The first-order valence-corrected chi connectivity index (χ1v) is 8.40. The van der Waals surface area contributed by atoms with Gasteiger partial charge in [-0.2, -0.15) is 0 Å². The molecule has 0 aromatic rings. The topological polar surface area (TPSA) is 101 Å². The van der Waals surface area contributed by atoms with Gasteiger partial charge >= 0.3 is 11.9 Å². The molecule has 0 radical (unpaired) electrons. The number of hydrogen-bond donors (Lipinski definition) is 2. The molecule has 8 nitrogen and oxygen atoms in total. The quantitative estimate of drug-likeness (QED) is 0.690. The smallest absolute Gasteiger partial charge is 0.414 e. The molecule has 2 fully saturated rings. The number of carbonyl (C=O) groups is 3. The number of carboxylic acid groups (broad SMARTS) is 2. The van der Waals surface area contributed by atoms with E-state index >= 15 is 0 Å². The monoisotopic (exact) mass is 343 g/mol. The number of amides is 1. The summed E-state index contributed by atoms with van der Waals surface area (Å²) in [6, 6.07) is 0.849. The van der Waals surface area contributed by atoms with Crippen LogP contribution in [0, 0.1) is 0 Å². The second kappa shape index (κ2) is 9.58. The number of piperazine rings is 1. The van der Waals surface area contributed by atoms with Gasteiger partial charge in [0.1, 0.15) is 0 Å². The number of likely N-dealkylation sites (N-methyl/N-ethyl adjacent to an activating group) is 1. The first-order chi connectivity index (χ1) is 11.2. The average molecular weight is 343 g/mol. The molecular weight excluding hydrogens is 314 g/mol. The van der Waals surface area contributed by atoms with Crippen LogP contribution in [0.25, 0.3) is 0 Å². The summed E-state index contributed by atoms with van der Waals surface area (Å²) >= 11 is 0. The summed E-state index contributed by atoms with van der Waals surface area (Å²) in [5.74, 6) is -3.32. The van der Waals surface area contributed by atoms with Crippen LogP contribution in [0.15, 0.2) is 0 Å². The predicted molar refractivity (Wildman–Crippen MR) is 88.8 cm³/mol. The maximum Gasteiger partial charge on any atom is 0.414 e. The molecule has 2 heterocycles. The zero-order valence-corrected chi connectivity index (χ0v) is 14.8. The summed E-state index contributed by atoms with van der Waals surface area (Å²) < 4.78 is 0. The summed E-state index contributed by atoms with van der Waals surface area (Å²) in [5, 5.41) is 14.8. The van der Waals surface area contributed by atoms with Crippen LogP contribution in [0.4, 0.5) is 0 Å². The summed E-state index contributed by atoms with van der Waals surface area (Å²) in [5.41, 5.74) is 0. The van der Waals surface area contributed by atoms with E-state index in [1.807, 2.05) is 0 Å². The molecule has 24 heavy (non-hydrogen) atoms. The van der Waals surface area contributed by atoms with Gasteiger partial charge < -0.3 is 20.0 Å². The Morgan fingerprint density at radius 3 is 1.79 bits per heavy atom. The first kappa shape index (κ1) is 20.4. The molecule has 2 aliphatic rings. The molecule has 2 atom stereocenters. The van der Waals surface area contributed by atoms with Crippen molar-refractivity contribution >= 4 is 17.8 Å². The highest BCUT2D eigenvalue weighted by molar-refractivity contribution is 6.27. The highest BCUT2D eigenvalue weighted by atomic mass is 16.4. The Morgan fingerprint density at radius 2 is 1.38 bits per heavy atom. The van der Waals surface area contributed by atoms with Gasteiger partial charge in [0.2, 0.25) is 5.91 Å². The highest BCUT2D eigenvalue weighted by Crippen LogP contribution is 2.22. The van der Waals surface area contributed by atoms with Crippen molar-refractivity contribution < 1.29 is 24.6 Å². The normalized spacial score (nSPS) is 25.5. The van der Waals surface area contributed by atoms with Gasteiger partial charge in [-0.3, -0.25) is 9.69 Å². The molecule has 1 amide bonds. The van der Waals surface area contributed by atoms with E-state index in [2.05, 4.69) is 35.6 Å². The van der Waals surface area contributed by atoms with Crippen molar-refractivity contribution in [2.24, 2.45) is 0 Å². The Bertz CT molecular complexity index is 427. The van der Waals surface area contributed by atoms with Gasteiger partial charge in [-0.05, 0) is 40.2 Å². The standard InChI is InChI=1S/C14H27N3O.C2H2O4/c1-12-5-4-6-13(2)17(12)14(18)11-16-9-7-15(3)8-10-16;3-1(4)2(5)6/h12-13H,4-11H2,1-3H3;(H,3,4)(H,5,6). The van der Waals surface area contributed by atoms with Crippen molar-refractivity contribution in [3.8, 4) is 0 Å². The van der Waals surface area contributed by atoms with Gasteiger partial charge in [-0.1, -0.05) is 0 Å². The number of piperidine rings is 1. The average Bonchev–Trinajstić information content (AvgIpc) is 2.50. The molecule has 2 N–H and O–H groups in total.